The lowest BCUT2D eigenvalue weighted by atomic mass is 10.1. The molecule has 9 heteroatoms. The van der Waals surface area contributed by atoms with Crippen molar-refractivity contribution in [1.29, 1.82) is 0 Å². The fraction of sp³-hybridized carbons (Fsp3) is 0.435. The van der Waals surface area contributed by atoms with Gasteiger partial charge in [0.15, 0.2) is 0 Å². The normalized spacial score (nSPS) is 17.8. The Kier molecular flexibility index (Phi) is 7.07. The fourth-order valence-electron chi connectivity index (χ4n) is 4.07. The van der Waals surface area contributed by atoms with E-state index < -0.39 is 15.8 Å². The molecule has 2 aliphatic heterocycles. The van der Waals surface area contributed by atoms with Crippen LogP contribution in [0.2, 0.25) is 0 Å². The minimum absolute atomic E-state index is 0.0663. The van der Waals surface area contributed by atoms with Gasteiger partial charge in [0, 0.05) is 31.9 Å². The van der Waals surface area contributed by atoms with Gasteiger partial charge in [-0.15, -0.1) is 0 Å². The van der Waals surface area contributed by atoms with Crippen molar-refractivity contribution in [3.63, 3.8) is 0 Å². The second-order valence-corrected chi connectivity index (χ2v) is 10.0. The second-order valence-electron chi connectivity index (χ2n) is 8.10. The van der Waals surface area contributed by atoms with Gasteiger partial charge in [-0.1, -0.05) is 18.6 Å². The zero-order chi connectivity index (χ0) is 22.6. The minimum Gasteiger partial charge on any atom is -0.378 e. The van der Waals surface area contributed by atoms with E-state index in [2.05, 4.69) is 5.32 Å². The Labute approximate surface area is 188 Å². The number of piperidine rings is 1. The van der Waals surface area contributed by atoms with Gasteiger partial charge < -0.3 is 15.0 Å². The first-order chi connectivity index (χ1) is 15.4. The maximum absolute atomic E-state index is 14.5. The molecule has 4 rings (SSSR count). The summed E-state index contributed by atoms with van der Waals surface area (Å²) in [5.41, 5.74) is 1.57. The molecular formula is C23H28FN3O4S. The summed E-state index contributed by atoms with van der Waals surface area (Å²) in [5, 5.41) is 2.71. The molecule has 2 saturated heterocycles. The molecule has 1 N–H and O–H groups in total. The van der Waals surface area contributed by atoms with E-state index in [-0.39, 0.29) is 17.2 Å². The van der Waals surface area contributed by atoms with E-state index in [4.69, 9.17) is 4.74 Å². The van der Waals surface area contributed by atoms with Gasteiger partial charge in [-0.2, -0.15) is 4.31 Å². The number of sulfonamides is 1. The first-order valence-corrected chi connectivity index (χ1v) is 12.4. The monoisotopic (exact) mass is 461 g/mol. The van der Waals surface area contributed by atoms with Crippen LogP contribution in [0, 0.1) is 5.82 Å². The third-order valence-electron chi connectivity index (χ3n) is 5.82. The number of ether oxygens (including phenoxy) is 1. The maximum atomic E-state index is 14.5. The van der Waals surface area contributed by atoms with E-state index in [0.29, 0.717) is 56.3 Å². The number of anilines is 2. The lowest BCUT2D eigenvalue weighted by Gasteiger charge is -2.29. The molecule has 2 aliphatic rings. The number of amides is 1. The van der Waals surface area contributed by atoms with E-state index in [1.807, 2.05) is 4.90 Å². The molecular weight excluding hydrogens is 433 g/mol. The van der Waals surface area contributed by atoms with Crippen LogP contribution in [-0.4, -0.2) is 58.0 Å². The zero-order valence-corrected chi connectivity index (χ0v) is 18.7. The molecule has 0 bridgehead atoms. The number of rotatable bonds is 6. The Balaban J connectivity index is 1.36. The summed E-state index contributed by atoms with van der Waals surface area (Å²) < 4.78 is 46.8. The molecule has 32 heavy (non-hydrogen) atoms. The van der Waals surface area contributed by atoms with E-state index in [1.165, 1.54) is 10.4 Å². The molecule has 0 atom stereocenters. The van der Waals surface area contributed by atoms with Crippen molar-refractivity contribution in [3.8, 4) is 0 Å². The molecule has 2 heterocycles. The summed E-state index contributed by atoms with van der Waals surface area (Å²) in [7, 11) is -3.49. The van der Waals surface area contributed by atoms with Crippen molar-refractivity contribution < 1.29 is 22.3 Å². The number of hydrogen-bond donors (Lipinski definition) is 1. The van der Waals surface area contributed by atoms with Crippen molar-refractivity contribution in [1.82, 2.24) is 4.31 Å². The quantitative estimate of drug-likeness (QED) is 0.716. The van der Waals surface area contributed by atoms with Gasteiger partial charge >= 0.3 is 0 Å². The van der Waals surface area contributed by atoms with Gasteiger partial charge in [-0.3, -0.25) is 4.79 Å². The highest BCUT2D eigenvalue weighted by atomic mass is 32.2. The van der Waals surface area contributed by atoms with Crippen LogP contribution in [0.4, 0.5) is 15.8 Å². The molecule has 1 amide bonds. The Hall–Kier alpha value is -2.49. The van der Waals surface area contributed by atoms with Gasteiger partial charge in [0.25, 0.3) is 0 Å². The van der Waals surface area contributed by atoms with Crippen LogP contribution in [-0.2, 0) is 26.0 Å². The van der Waals surface area contributed by atoms with E-state index in [1.54, 1.807) is 36.4 Å². The Morgan fingerprint density at radius 3 is 2.31 bits per heavy atom. The summed E-state index contributed by atoms with van der Waals surface area (Å²) in [6.07, 6.45) is 2.88. The number of carbonyl (C=O) groups is 1. The Morgan fingerprint density at radius 1 is 0.969 bits per heavy atom. The molecule has 2 aromatic rings. The van der Waals surface area contributed by atoms with Crippen LogP contribution in [0.25, 0.3) is 0 Å². The van der Waals surface area contributed by atoms with Crippen molar-refractivity contribution in [2.75, 3.05) is 49.6 Å². The number of nitrogens with one attached hydrogen (secondary N) is 1. The van der Waals surface area contributed by atoms with Crippen LogP contribution in [0.15, 0.2) is 47.4 Å². The molecule has 0 saturated carbocycles. The van der Waals surface area contributed by atoms with Crippen molar-refractivity contribution >= 4 is 27.3 Å². The molecule has 0 spiro atoms. The molecule has 0 aromatic heterocycles. The second kappa shape index (κ2) is 9.97. The third-order valence-corrected chi connectivity index (χ3v) is 7.74. The van der Waals surface area contributed by atoms with Crippen molar-refractivity contribution in [2.24, 2.45) is 0 Å². The predicted octanol–water partition coefficient (Wildman–Crippen LogP) is 3.02. The van der Waals surface area contributed by atoms with Gasteiger partial charge in [0.2, 0.25) is 15.9 Å². The third kappa shape index (κ3) is 5.28. The number of halogens is 1. The van der Waals surface area contributed by atoms with Gasteiger partial charge in [-0.05, 0) is 48.7 Å². The number of morpholine rings is 1. The number of hydrogen-bond acceptors (Lipinski definition) is 5. The maximum Gasteiger partial charge on any atom is 0.243 e. The lowest BCUT2D eigenvalue weighted by molar-refractivity contribution is -0.115. The zero-order valence-electron chi connectivity index (χ0n) is 17.9. The van der Waals surface area contributed by atoms with E-state index >= 15 is 0 Å². The highest BCUT2D eigenvalue weighted by Crippen LogP contribution is 2.24. The van der Waals surface area contributed by atoms with Crippen LogP contribution >= 0.6 is 0 Å². The summed E-state index contributed by atoms with van der Waals surface area (Å²) in [5.74, 6) is -0.688. The average Bonchev–Trinajstić information content (AvgIpc) is 2.80. The molecule has 0 radical (unpaired) electrons. The fourth-order valence-corrected chi connectivity index (χ4v) is 5.59. The van der Waals surface area contributed by atoms with Crippen LogP contribution in [0.1, 0.15) is 24.8 Å². The van der Waals surface area contributed by atoms with Crippen molar-refractivity contribution in [2.45, 2.75) is 30.6 Å². The average molecular weight is 462 g/mol. The largest absolute Gasteiger partial charge is 0.378 e. The summed E-state index contributed by atoms with van der Waals surface area (Å²) in [6.45, 7) is 3.49. The highest BCUT2D eigenvalue weighted by molar-refractivity contribution is 7.89. The summed E-state index contributed by atoms with van der Waals surface area (Å²) >= 11 is 0. The number of benzene rings is 2. The first kappa shape index (κ1) is 22.7. The molecule has 7 nitrogen and oxygen atoms in total. The number of nitrogens with zero attached hydrogens (tertiary/aromatic N) is 2. The molecule has 172 valence electrons. The SMILES string of the molecule is O=C(Cc1ccc(S(=O)(=O)N2CCCCC2)cc1)Nc1ccc(N2CCOCC2)c(F)c1. The van der Waals surface area contributed by atoms with Crippen LogP contribution in [0.5, 0.6) is 0 Å². The van der Waals surface area contributed by atoms with E-state index in [0.717, 1.165) is 19.3 Å². The highest BCUT2D eigenvalue weighted by Gasteiger charge is 2.25. The molecule has 0 aliphatic carbocycles. The Morgan fingerprint density at radius 2 is 1.66 bits per heavy atom. The van der Waals surface area contributed by atoms with Gasteiger partial charge in [0.05, 0.1) is 30.2 Å². The summed E-state index contributed by atoms with van der Waals surface area (Å²) in [4.78, 5) is 14.6. The first-order valence-electron chi connectivity index (χ1n) is 10.9. The molecule has 2 aromatic carbocycles. The standard InChI is InChI=1S/C23H28FN3O4S/c24-21-17-19(6-9-22(21)26-12-14-31-15-13-26)25-23(28)16-18-4-7-20(8-5-18)32(29,30)27-10-2-1-3-11-27/h4-9,17H,1-3,10-16H2,(H,25,28). The van der Waals surface area contributed by atoms with Gasteiger partial charge in [0.1, 0.15) is 5.82 Å². The van der Waals surface area contributed by atoms with Crippen LogP contribution < -0.4 is 10.2 Å². The predicted molar refractivity (Wildman–Crippen MR) is 121 cm³/mol. The van der Waals surface area contributed by atoms with Crippen LogP contribution in [0.3, 0.4) is 0 Å². The Bertz CT molecular complexity index is 1050. The topological polar surface area (TPSA) is 79.0 Å². The smallest absolute Gasteiger partial charge is 0.243 e. The molecule has 2 fully saturated rings. The molecule has 0 unspecified atom stereocenters. The van der Waals surface area contributed by atoms with Crippen molar-refractivity contribution in [3.05, 3.63) is 53.8 Å². The lowest BCUT2D eigenvalue weighted by Crippen LogP contribution is -2.36. The summed E-state index contributed by atoms with van der Waals surface area (Å²) in [6, 6.07) is 11.1. The van der Waals surface area contributed by atoms with Gasteiger partial charge in [-0.25, -0.2) is 12.8 Å². The number of carbonyl (C=O) groups excluding carboxylic acids is 1. The van der Waals surface area contributed by atoms with E-state index in [9.17, 15) is 17.6 Å². The minimum atomic E-state index is -3.49.